The van der Waals surface area contributed by atoms with Crippen molar-refractivity contribution in [3.05, 3.63) is 34.1 Å². The molecule has 0 aliphatic carbocycles. The molecule has 0 bridgehead atoms. The number of nitriles is 1. The fourth-order valence-corrected chi connectivity index (χ4v) is 1.50. The SMILES string of the molecule is CCNC(C#N)c1ccc(Br)cc1F. The fraction of sp³-hybridized carbons (Fsp3) is 0.300. The van der Waals surface area contributed by atoms with Gasteiger partial charge in [-0.1, -0.05) is 28.9 Å². The van der Waals surface area contributed by atoms with E-state index in [4.69, 9.17) is 5.26 Å². The van der Waals surface area contributed by atoms with Crippen LogP contribution in [0.2, 0.25) is 0 Å². The van der Waals surface area contributed by atoms with E-state index in [9.17, 15) is 4.39 Å². The van der Waals surface area contributed by atoms with Crippen LogP contribution >= 0.6 is 15.9 Å². The van der Waals surface area contributed by atoms with Crippen molar-refractivity contribution >= 4 is 15.9 Å². The van der Waals surface area contributed by atoms with Crippen LogP contribution in [0.3, 0.4) is 0 Å². The molecule has 1 N–H and O–H groups in total. The molecule has 14 heavy (non-hydrogen) atoms. The molecule has 0 amide bonds. The topological polar surface area (TPSA) is 35.8 Å². The Kier molecular flexibility index (Phi) is 4.05. The Morgan fingerprint density at radius 3 is 2.86 bits per heavy atom. The minimum absolute atomic E-state index is 0.369. The predicted octanol–water partition coefficient (Wildman–Crippen LogP) is 2.76. The zero-order valence-corrected chi connectivity index (χ0v) is 9.31. The van der Waals surface area contributed by atoms with Crippen LogP contribution in [0.1, 0.15) is 18.5 Å². The van der Waals surface area contributed by atoms with Crippen molar-refractivity contribution in [3.63, 3.8) is 0 Å². The summed E-state index contributed by atoms with van der Waals surface area (Å²) < 4.78 is 14.1. The molecule has 74 valence electrons. The Bertz CT molecular complexity index is 360. The Balaban J connectivity index is 3.00. The first kappa shape index (κ1) is 11.2. The highest BCUT2D eigenvalue weighted by atomic mass is 79.9. The molecule has 4 heteroatoms. The zero-order valence-electron chi connectivity index (χ0n) is 7.72. The van der Waals surface area contributed by atoms with Crippen LogP contribution in [0.4, 0.5) is 4.39 Å². The van der Waals surface area contributed by atoms with E-state index in [0.717, 1.165) is 0 Å². The molecule has 1 aromatic carbocycles. The van der Waals surface area contributed by atoms with Gasteiger partial charge in [0, 0.05) is 10.0 Å². The molecule has 0 radical (unpaired) electrons. The van der Waals surface area contributed by atoms with Crippen molar-refractivity contribution in [1.29, 1.82) is 5.26 Å². The van der Waals surface area contributed by atoms with E-state index in [-0.39, 0.29) is 5.82 Å². The number of nitrogens with zero attached hydrogens (tertiary/aromatic N) is 1. The molecule has 1 atom stereocenters. The normalized spacial score (nSPS) is 12.1. The minimum atomic E-state index is -0.576. The van der Waals surface area contributed by atoms with Gasteiger partial charge in [0.05, 0.1) is 6.07 Å². The Morgan fingerprint density at radius 2 is 2.36 bits per heavy atom. The van der Waals surface area contributed by atoms with Crippen LogP contribution in [-0.4, -0.2) is 6.54 Å². The lowest BCUT2D eigenvalue weighted by Crippen LogP contribution is -2.20. The molecular formula is C10H10BrFN2. The molecule has 0 saturated heterocycles. The molecule has 1 aromatic rings. The van der Waals surface area contributed by atoms with E-state index in [2.05, 4.69) is 21.2 Å². The monoisotopic (exact) mass is 256 g/mol. The fourth-order valence-electron chi connectivity index (χ4n) is 1.16. The van der Waals surface area contributed by atoms with Gasteiger partial charge in [0.15, 0.2) is 0 Å². The van der Waals surface area contributed by atoms with Crippen LogP contribution in [0, 0.1) is 17.1 Å². The molecule has 0 aliphatic heterocycles. The standard InChI is InChI=1S/C10H10BrFN2/c1-2-14-10(6-13)8-4-3-7(11)5-9(8)12/h3-5,10,14H,2H2,1H3. The Morgan fingerprint density at radius 1 is 1.64 bits per heavy atom. The van der Waals surface area contributed by atoms with Gasteiger partial charge in [-0.25, -0.2) is 4.39 Å². The lowest BCUT2D eigenvalue weighted by molar-refractivity contribution is 0.570. The first-order chi connectivity index (χ1) is 6.69. The lowest BCUT2D eigenvalue weighted by Gasteiger charge is -2.10. The molecule has 0 heterocycles. The number of hydrogen-bond donors (Lipinski definition) is 1. The van der Waals surface area contributed by atoms with Crippen LogP contribution in [0.15, 0.2) is 22.7 Å². The average Bonchev–Trinajstić information content (AvgIpc) is 2.15. The summed E-state index contributed by atoms with van der Waals surface area (Å²) in [6.45, 7) is 2.51. The number of nitrogens with one attached hydrogen (secondary N) is 1. The van der Waals surface area contributed by atoms with Gasteiger partial charge >= 0.3 is 0 Å². The summed E-state index contributed by atoms with van der Waals surface area (Å²) in [5.41, 5.74) is 0.387. The maximum Gasteiger partial charge on any atom is 0.130 e. The van der Waals surface area contributed by atoms with Crippen molar-refractivity contribution in [1.82, 2.24) is 5.32 Å². The second-order valence-electron chi connectivity index (χ2n) is 2.79. The molecular weight excluding hydrogens is 247 g/mol. The molecule has 0 saturated carbocycles. The summed E-state index contributed by atoms with van der Waals surface area (Å²) >= 11 is 3.16. The van der Waals surface area contributed by atoms with Crippen molar-refractivity contribution in [2.24, 2.45) is 0 Å². The number of hydrogen-bond acceptors (Lipinski definition) is 2. The number of halogens is 2. The lowest BCUT2D eigenvalue weighted by atomic mass is 10.1. The van der Waals surface area contributed by atoms with Crippen molar-refractivity contribution in [3.8, 4) is 6.07 Å². The number of rotatable bonds is 3. The second-order valence-corrected chi connectivity index (χ2v) is 3.70. The molecule has 2 nitrogen and oxygen atoms in total. The van der Waals surface area contributed by atoms with Gasteiger partial charge in [-0.3, -0.25) is 5.32 Å². The smallest absolute Gasteiger partial charge is 0.130 e. The molecule has 0 aromatic heterocycles. The van der Waals surface area contributed by atoms with Crippen molar-refractivity contribution < 1.29 is 4.39 Å². The first-order valence-corrected chi connectivity index (χ1v) is 5.06. The average molecular weight is 257 g/mol. The van der Waals surface area contributed by atoms with Gasteiger partial charge in [0.1, 0.15) is 11.9 Å². The van der Waals surface area contributed by atoms with Gasteiger partial charge in [-0.2, -0.15) is 5.26 Å². The maximum atomic E-state index is 13.4. The Labute approximate surface area is 90.9 Å². The van der Waals surface area contributed by atoms with Crippen LogP contribution in [-0.2, 0) is 0 Å². The van der Waals surface area contributed by atoms with E-state index in [1.165, 1.54) is 6.07 Å². The van der Waals surface area contributed by atoms with Gasteiger partial charge in [-0.15, -0.1) is 0 Å². The first-order valence-electron chi connectivity index (χ1n) is 4.27. The molecule has 0 spiro atoms. The quantitative estimate of drug-likeness (QED) is 0.903. The zero-order chi connectivity index (χ0) is 10.6. The van der Waals surface area contributed by atoms with Crippen LogP contribution in [0.5, 0.6) is 0 Å². The summed E-state index contributed by atoms with van der Waals surface area (Å²) in [5.74, 6) is -0.369. The summed E-state index contributed by atoms with van der Waals surface area (Å²) in [5, 5.41) is 11.7. The van der Waals surface area contributed by atoms with Gasteiger partial charge in [-0.05, 0) is 18.7 Å². The molecule has 0 fully saturated rings. The highest BCUT2D eigenvalue weighted by Crippen LogP contribution is 2.20. The van der Waals surface area contributed by atoms with Crippen molar-refractivity contribution in [2.45, 2.75) is 13.0 Å². The van der Waals surface area contributed by atoms with E-state index >= 15 is 0 Å². The predicted molar refractivity (Wildman–Crippen MR) is 56.1 cm³/mol. The summed E-state index contributed by atoms with van der Waals surface area (Å²) in [7, 11) is 0. The largest absolute Gasteiger partial charge is 0.298 e. The minimum Gasteiger partial charge on any atom is -0.298 e. The third kappa shape index (κ3) is 2.53. The molecule has 0 aliphatic rings. The Hall–Kier alpha value is -0.920. The maximum absolute atomic E-state index is 13.4. The van der Waals surface area contributed by atoms with Crippen molar-refractivity contribution in [2.75, 3.05) is 6.54 Å². The van der Waals surface area contributed by atoms with Crippen LogP contribution in [0.25, 0.3) is 0 Å². The molecule has 1 unspecified atom stereocenters. The third-order valence-electron chi connectivity index (χ3n) is 1.81. The second kappa shape index (κ2) is 5.08. The summed E-state index contributed by atoms with van der Waals surface area (Å²) in [6, 6.07) is 6.12. The van der Waals surface area contributed by atoms with Gasteiger partial charge in [0.2, 0.25) is 0 Å². The highest BCUT2D eigenvalue weighted by molar-refractivity contribution is 9.10. The third-order valence-corrected chi connectivity index (χ3v) is 2.30. The van der Waals surface area contributed by atoms with E-state index in [0.29, 0.717) is 16.6 Å². The van der Waals surface area contributed by atoms with Crippen LogP contribution < -0.4 is 5.32 Å². The molecule has 1 rings (SSSR count). The van der Waals surface area contributed by atoms with E-state index in [1.54, 1.807) is 12.1 Å². The summed E-state index contributed by atoms with van der Waals surface area (Å²) in [4.78, 5) is 0. The number of benzene rings is 1. The van der Waals surface area contributed by atoms with E-state index < -0.39 is 6.04 Å². The van der Waals surface area contributed by atoms with Gasteiger partial charge in [0.25, 0.3) is 0 Å². The van der Waals surface area contributed by atoms with E-state index in [1.807, 2.05) is 13.0 Å². The van der Waals surface area contributed by atoms with Gasteiger partial charge < -0.3 is 0 Å². The highest BCUT2D eigenvalue weighted by Gasteiger charge is 2.13. The summed E-state index contributed by atoms with van der Waals surface area (Å²) in [6.07, 6.45) is 0.